The molecule has 0 bridgehead atoms. The molecule has 182 valence electrons. The monoisotopic (exact) mass is 493 g/mol. The third-order valence-corrected chi connectivity index (χ3v) is 8.06. The zero-order chi connectivity index (χ0) is 25.2. The predicted octanol–water partition coefficient (Wildman–Crippen LogP) is 4.90. The average Bonchev–Trinajstić information content (AvgIpc) is 2.88. The fourth-order valence-corrected chi connectivity index (χ4v) is 6.20. The van der Waals surface area contributed by atoms with E-state index < -0.39 is 28.1 Å². The molecule has 3 aromatic rings. The van der Waals surface area contributed by atoms with Crippen LogP contribution < -0.4 is 9.47 Å². The summed E-state index contributed by atoms with van der Waals surface area (Å²) in [4.78, 5) is 12.4. The van der Waals surface area contributed by atoms with Gasteiger partial charge in [-0.05, 0) is 48.7 Å². The molecule has 0 aliphatic carbocycles. The molecular weight excluding hydrogens is 466 g/mol. The Bertz CT molecular complexity index is 1350. The first-order valence-corrected chi connectivity index (χ1v) is 12.5. The number of rotatable bonds is 7. The largest absolute Gasteiger partial charge is 0.493 e. The maximum atomic E-state index is 14.2. The molecule has 1 aliphatic rings. The maximum absolute atomic E-state index is 14.2. The molecule has 0 amide bonds. The van der Waals surface area contributed by atoms with Crippen molar-refractivity contribution in [3.63, 3.8) is 0 Å². The summed E-state index contributed by atoms with van der Waals surface area (Å²) >= 11 is 0. The minimum atomic E-state index is -4.12. The summed E-state index contributed by atoms with van der Waals surface area (Å²) in [6.07, 6.45) is 1.80. The van der Waals surface area contributed by atoms with Crippen LogP contribution in [-0.4, -0.2) is 38.0 Å². The standard InChI is InChI=1S/C27H27NO6S/c1-18-9-12-21(13-10-18)35(31,32)28-23(20-11-16-24(33-2)25(17-20)34-3)15-14-22(27(29)30)26(28)19-7-5-4-6-8-19/h4-14,16-17,23,26H,15H2,1-3H3,(H,29,30)/t23-,26-/m0/s1. The van der Waals surface area contributed by atoms with E-state index in [4.69, 9.17) is 9.47 Å². The second kappa shape index (κ2) is 9.93. The number of nitrogens with zero attached hydrogens (tertiary/aromatic N) is 1. The lowest BCUT2D eigenvalue weighted by atomic mass is 9.89. The van der Waals surface area contributed by atoms with Gasteiger partial charge in [0.15, 0.2) is 11.5 Å². The predicted molar refractivity (Wildman–Crippen MR) is 132 cm³/mol. The van der Waals surface area contributed by atoms with E-state index in [-0.39, 0.29) is 16.9 Å². The van der Waals surface area contributed by atoms with E-state index in [2.05, 4.69) is 0 Å². The molecule has 1 N–H and O–H groups in total. The minimum absolute atomic E-state index is 0.0172. The molecule has 4 rings (SSSR count). The molecule has 0 radical (unpaired) electrons. The number of ether oxygens (including phenoxy) is 2. The molecule has 0 spiro atoms. The van der Waals surface area contributed by atoms with Gasteiger partial charge in [-0.2, -0.15) is 4.31 Å². The lowest BCUT2D eigenvalue weighted by Crippen LogP contribution is -2.42. The number of hydrogen-bond donors (Lipinski definition) is 1. The number of methoxy groups -OCH3 is 2. The van der Waals surface area contributed by atoms with Crippen LogP contribution in [0, 0.1) is 6.92 Å². The van der Waals surface area contributed by atoms with Crippen molar-refractivity contribution in [3.8, 4) is 11.5 Å². The lowest BCUT2D eigenvalue weighted by molar-refractivity contribution is -0.133. The molecule has 0 aromatic heterocycles. The summed E-state index contributed by atoms with van der Waals surface area (Å²) < 4.78 is 40.4. The number of carboxylic acids is 1. The Hall–Kier alpha value is -3.62. The van der Waals surface area contributed by atoms with E-state index in [0.29, 0.717) is 22.6 Å². The Balaban J connectivity index is 1.96. The SMILES string of the molecule is COc1ccc([C@@H]2CC=C(C(=O)O)[C@H](c3ccccc3)N2S(=O)(=O)c2ccc(C)cc2)cc1OC. The number of sulfonamides is 1. The first-order valence-electron chi connectivity index (χ1n) is 11.1. The van der Waals surface area contributed by atoms with Crippen molar-refractivity contribution in [2.75, 3.05) is 14.2 Å². The van der Waals surface area contributed by atoms with Gasteiger partial charge in [-0.25, -0.2) is 13.2 Å². The smallest absolute Gasteiger partial charge is 0.333 e. The summed E-state index contributed by atoms with van der Waals surface area (Å²) in [7, 11) is -1.08. The number of hydrogen-bond acceptors (Lipinski definition) is 5. The van der Waals surface area contributed by atoms with Gasteiger partial charge in [0.2, 0.25) is 10.0 Å². The van der Waals surface area contributed by atoms with Crippen LogP contribution in [0.4, 0.5) is 0 Å². The van der Waals surface area contributed by atoms with Crippen molar-refractivity contribution in [3.05, 3.63) is 101 Å². The number of aryl methyl sites for hydroxylation is 1. The van der Waals surface area contributed by atoms with Gasteiger partial charge in [-0.1, -0.05) is 60.2 Å². The molecule has 1 heterocycles. The lowest BCUT2D eigenvalue weighted by Gasteiger charge is -2.40. The highest BCUT2D eigenvalue weighted by atomic mass is 32.2. The van der Waals surface area contributed by atoms with E-state index in [1.54, 1.807) is 78.9 Å². The van der Waals surface area contributed by atoms with E-state index in [1.165, 1.54) is 18.5 Å². The van der Waals surface area contributed by atoms with Crippen molar-refractivity contribution in [1.29, 1.82) is 0 Å². The molecule has 0 fully saturated rings. The minimum Gasteiger partial charge on any atom is -0.493 e. The Morgan fingerprint density at radius 3 is 2.17 bits per heavy atom. The van der Waals surface area contributed by atoms with Gasteiger partial charge >= 0.3 is 5.97 Å². The second-order valence-corrected chi connectivity index (χ2v) is 10.1. The maximum Gasteiger partial charge on any atom is 0.333 e. The molecule has 0 unspecified atom stereocenters. The highest BCUT2D eigenvalue weighted by molar-refractivity contribution is 7.89. The first-order chi connectivity index (χ1) is 16.8. The Kier molecular flexibility index (Phi) is 6.95. The fraction of sp³-hybridized carbons (Fsp3) is 0.222. The van der Waals surface area contributed by atoms with Gasteiger partial charge < -0.3 is 14.6 Å². The van der Waals surface area contributed by atoms with Gasteiger partial charge in [-0.3, -0.25) is 0 Å². The summed E-state index contributed by atoms with van der Waals surface area (Å²) in [6, 6.07) is 19.0. The zero-order valence-electron chi connectivity index (χ0n) is 19.7. The molecule has 2 atom stereocenters. The van der Waals surface area contributed by atoms with Crippen LogP contribution in [0.5, 0.6) is 11.5 Å². The van der Waals surface area contributed by atoms with E-state index in [9.17, 15) is 18.3 Å². The first kappa shape index (κ1) is 24.5. The quantitative estimate of drug-likeness (QED) is 0.503. The molecule has 7 nitrogen and oxygen atoms in total. The Morgan fingerprint density at radius 1 is 0.914 bits per heavy atom. The molecule has 8 heteroatoms. The summed E-state index contributed by atoms with van der Waals surface area (Å²) in [5.74, 6) is -0.183. The normalized spacial score (nSPS) is 18.5. The van der Waals surface area contributed by atoms with Crippen molar-refractivity contribution >= 4 is 16.0 Å². The number of carboxylic acid groups (broad SMARTS) is 1. The summed E-state index contributed by atoms with van der Waals surface area (Å²) in [6.45, 7) is 1.88. The van der Waals surface area contributed by atoms with E-state index in [1.807, 2.05) is 6.92 Å². The van der Waals surface area contributed by atoms with Crippen molar-refractivity contribution in [1.82, 2.24) is 4.31 Å². The molecule has 3 aromatic carbocycles. The topological polar surface area (TPSA) is 93.1 Å². The molecule has 1 aliphatic heterocycles. The molecule has 0 saturated heterocycles. The van der Waals surface area contributed by atoms with Crippen molar-refractivity contribution in [2.45, 2.75) is 30.3 Å². The summed E-state index contributed by atoms with van der Waals surface area (Å²) in [5.41, 5.74) is 2.18. The van der Waals surface area contributed by atoms with Crippen LogP contribution in [0.1, 0.15) is 35.2 Å². The van der Waals surface area contributed by atoms with Gasteiger partial charge in [0.1, 0.15) is 0 Å². The number of benzene rings is 3. The molecule has 0 saturated carbocycles. The third kappa shape index (κ3) is 4.67. The molecular formula is C27H27NO6S. The zero-order valence-corrected chi connectivity index (χ0v) is 20.5. The highest BCUT2D eigenvalue weighted by Gasteiger charge is 2.44. The number of carbonyl (C=O) groups is 1. The Labute approximate surface area is 205 Å². The Morgan fingerprint density at radius 2 is 1.57 bits per heavy atom. The van der Waals surface area contributed by atoms with Gasteiger partial charge in [0.25, 0.3) is 0 Å². The van der Waals surface area contributed by atoms with E-state index in [0.717, 1.165) is 5.56 Å². The van der Waals surface area contributed by atoms with Crippen LogP contribution in [-0.2, 0) is 14.8 Å². The summed E-state index contributed by atoms with van der Waals surface area (Å²) in [5, 5.41) is 10.0. The van der Waals surface area contributed by atoms with Crippen molar-refractivity contribution in [2.24, 2.45) is 0 Å². The van der Waals surface area contributed by atoms with Crippen LogP contribution in [0.15, 0.2) is 89.3 Å². The average molecular weight is 494 g/mol. The fourth-order valence-electron chi connectivity index (χ4n) is 4.42. The van der Waals surface area contributed by atoms with Gasteiger partial charge in [-0.15, -0.1) is 0 Å². The third-order valence-electron chi connectivity index (χ3n) is 6.17. The van der Waals surface area contributed by atoms with Crippen LogP contribution in [0.2, 0.25) is 0 Å². The van der Waals surface area contributed by atoms with Crippen LogP contribution >= 0.6 is 0 Å². The van der Waals surface area contributed by atoms with Crippen molar-refractivity contribution < 1.29 is 27.8 Å². The van der Waals surface area contributed by atoms with E-state index >= 15 is 0 Å². The number of aliphatic carboxylic acids is 1. The van der Waals surface area contributed by atoms with Gasteiger partial charge in [0, 0.05) is 0 Å². The highest BCUT2D eigenvalue weighted by Crippen LogP contribution is 2.46. The molecule has 35 heavy (non-hydrogen) atoms. The van der Waals surface area contributed by atoms with Crippen LogP contribution in [0.25, 0.3) is 0 Å². The second-order valence-electron chi connectivity index (χ2n) is 8.29. The van der Waals surface area contributed by atoms with Gasteiger partial charge in [0.05, 0.1) is 36.8 Å². The van der Waals surface area contributed by atoms with Crippen LogP contribution in [0.3, 0.4) is 0 Å².